The number of ether oxygens (including phenoxy) is 4. The fraction of sp³-hybridized carbons (Fsp3) is 0.435. The Balaban J connectivity index is 0.000000186. The lowest BCUT2D eigenvalue weighted by Gasteiger charge is -2.32. The molecule has 8 heterocycles. The zero-order valence-corrected chi connectivity index (χ0v) is 42.5. The quantitative estimate of drug-likeness (QED) is 0.0839. The van der Waals surface area contributed by atoms with E-state index in [4.69, 9.17) is 34.6 Å². The average molecular weight is 1050 g/mol. The molecule has 8 N–H and O–H groups in total. The minimum absolute atomic E-state index is 0. The van der Waals surface area contributed by atoms with Gasteiger partial charge in [-0.25, -0.2) is 9.97 Å². The Morgan fingerprint density at radius 2 is 1.18 bits per heavy atom. The van der Waals surface area contributed by atoms with Gasteiger partial charge in [-0.3, -0.25) is 19.2 Å². The van der Waals surface area contributed by atoms with Gasteiger partial charge in [0.2, 0.25) is 29.6 Å². The van der Waals surface area contributed by atoms with Crippen molar-refractivity contribution < 1.29 is 43.2 Å². The first-order chi connectivity index (χ1) is 34.4. The molecule has 0 spiro atoms. The molecule has 10 rings (SSSR count). The number of piperidine rings is 2. The van der Waals surface area contributed by atoms with Crippen molar-refractivity contribution in [2.75, 3.05) is 88.1 Å². The lowest BCUT2D eigenvalue weighted by molar-refractivity contribution is -0.142. The topological polar surface area (TPSA) is 295 Å². The second-order valence-electron chi connectivity index (χ2n) is 17.0. The number of thiazole rings is 2. The van der Waals surface area contributed by atoms with Crippen molar-refractivity contribution in [2.45, 2.75) is 50.6 Å². The predicted octanol–water partition coefficient (Wildman–Crippen LogP) is 4.47. The minimum atomic E-state index is -0.780. The summed E-state index contributed by atoms with van der Waals surface area (Å²) in [6, 6.07) is 10.9. The standard InChI is InChI=1S/C23H27N7O4S.C19H21N5O4S.C4H8N2O.ClH/c1-33-16-6-5-14(8-17(16)34-2)26-20-19-22(35-12-25-19)29-23(28-20)30-7-3-4-13(11-30)21(32)27-15-9-18(31)24-10-15;1-27-13-6-5-12(8-14(13)28-2)21-16-15-17(29-10-20-15)23-19(22-16)24-7-3-4-11(9-24)18(25)26;5-3-1-4(7)6-2-3;/h5-6,8,12-13,15H,3-4,7,9-11H2,1-2H3,(H,24,31)(H,27,32)(H,26,28,29);5-6,8,10-11H,3-4,7,9H2,1-2H3,(H,25,26)(H,21,22,23);3H,1-2,5H2,(H,6,7);1H. The van der Waals surface area contributed by atoms with Gasteiger partial charge in [0.25, 0.3) is 0 Å². The molecule has 4 unspecified atom stereocenters. The van der Waals surface area contributed by atoms with Crippen LogP contribution in [-0.2, 0) is 19.2 Å². The Kier molecular flexibility index (Phi) is 17.8. The normalized spacial score (nSPS) is 19.3. The summed E-state index contributed by atoms with van der Waals surface area (Å²) in [4.78, 5) is 79.1. The maximum absolute atomic E-state index is 12.9. The average Bonchev–Trinajstić information content (AvgIpc) is 4.23. The van der Waals surface area contributed by atoms with Crippen LogP contribution in [0.3, 0.4) is 0 Å². The molecule has 4 aliphatic heterocycles. The van der Waals surface area contributed by atoms with Crippen molar-refractivity contribution in [3.05, 3.63) is 47.4 Å². The first-order valence-electron chi connectivity index (χ1n) is 22.9. The van der Waals surface area contributed by atoms with E-state index in [0.29, 0.717) is 103 Å². The fourth-order valence-corrected chi connectivity index (χ4v) is 9.75. The van der Waals surface area contributed by atoms with Crippen LogP contribution in [0.5, 0.6) is 23.0 Å². The van der Waals surface area contributed by atoms with Crippen molar-refractivity contribution in [2.24, 2.45) is 17.6 Å². The molecular formula is C46H57ClN14O9S2. The van der Waals surface area contributed by atoms with E-state index in [9.17, 15) is 24.3 Å². The van der Waals surface area contributed by atoms with E-state index < -0.39 is 11.9 Å². The van der Waals surface area contributed by atoms with Crippen molar-refractivity contribution in [1.29, 1.82) is 0 Å². The number of fused-ring (bicyclic) bond motifs is 2. The van der Waals surface area contributed by atoms with Gasteiger partial charge in [-0.05, 0) is 49.9 Å². The number of benzene rings is 2. The summed E-state index contributed by atoms with van der Waals surface area (Å²) in [5.41, 5.74) is 11.7. The van der Waals surface area contributed by atoms with Gasteiger partial charge in [0.05, 0.1) is 57.3 Å². The second kappa shape index (κ2) is 24.4. The highest BCUT2D eigenvalue weighted by Gasteiger charge is 2.32. The van der Waals surface area contributed by atoms with E-state index in [2.05, 4.69) is 46.5 Å². The minimum Gasteiger partial charge on any atom is -0.493 e. The van der Waals surface area contributed by atoms with Gasteiger partial charge in [-0.2, -0.15) is 19.9 Å². The molecule has 26 heteroatoms. The van der Waals surface area contributed by atoms with Gasteiger partial charge in [-0.15, -0.1) is 35.1 Å². The van der Waals surface area contributed by atoms with Crippen LogP contribution in [0.15, 0.2) is 47.4 Å². The van der Waals surface area contributed by atoms with Crippen LogP contribution in [0.2, 0.25) is 0 Å². The number of nitrogens with zero attached hydrogens (tertiary/aromatic N) is 8. The summed E-state index contributed by atoms with van der Waals surface area (Å²) >= 11 is 2.86. The van der Waals surface area contributed by atoms with Crippen LogP contribution in [0.4, 0.5) is 34.9 Å². The molecule has 4 aromatic heterocycles. The van der Waals surface area contributed by atoms with Gasteiger partial charge in [0, 0.05) is 81.7 Å². The van der Waals surface area contributed by atoms with Crippen LogP contribution < -0.4 is 61.1 Å². The smallest absolute Gasteiger partial charge is 0.308 e. The molecule has 3 amide bonds. The van der Waals surface area contributed by atoms with Gasteiger partial charge >= 0.3 is 5.97 Å². The number of amides is 3. The first kappa shape index (κ1) is 52.7. The molecule has 6 aromatic rings. The monoisotopic (exact) mass is 1050 g/mol. The molecule has 72 heavy (non-hydrogen) atoms. The number of nitrogens with one attached hydrogen (secondary N) is 5. The number of nitrogens with two attached hydrogens (primary N) is 1. The number of carbonyl (C=O) groups excluding carboxylic acids is 3. The summed E-state index contributed by atoms with van der Waals surface area (Å²) in [7, 11) is 6.35. The number of halogens is 1. The number of carbonyl (C=O) groups is 4. The maximum Gasteiger partial charge on any atom is 0.308 e. The van der Waals surface area contributed by atoms with Crippen molar-refractivity contribution in [3.63, 3.8) is 0 Å². The lowest BCUT2D eigenvalue weighted by Crippen LogP contribution is -2.47. The van der Waals surface area contributed by atoms with Crippen molar-refractivity contribution in [1.82, 2.24) is 45.9 Å². The third kappa shape index (κ3) is 12.9. The number of hydrogen-bond acceptors (Lipinski definition) is 21. The number of rotatable bonds is 13. The van der Waals surface area contributed by atoms with Gasteiger partial charge in [0.1, 0.15) is 11.0 Å². The summed E-state index contributed by atoms with van der Waals surface area (Å²) in [6.45, 7) is 3.53. The molecule has 4 saturated heterocycles. The largest absolute Gasteiger partial charge is 0.493 e. The molecule has 0 radical (unpaired) electrons. The Bertz CT molecular complexity index is 2880. The maximum atomic E-state index is 12.9. The van der Waals surface area contributed by atoms with Crippen LogP contribution in [0.1, 0.15) is 38.5 Å². The number of carboxylic acid groups (broad SMARTS) is 1. The third-order valence-corrected chi connectivity index (χ3v) is 13.6. The zero-order chi connectivity index (χ0) is 50.0. The molecule has 384 valence electrons. The van der Waals surface area contributed by atoms with E-state index in [1.54, 1.807) is 39.5 Å². The Hall–Kier alpha value is -7.09. The van der Waals surface area contributed by atoms with E-state index in [1.807, 2.05) is 46.2 Å². The summed E-state index contributed by atoms with van der Waals surface area (Å²) in [5, 5.41) is 24.4. The van der Waals surface area contributed by atoms with E-state index in [-0.39, 0.29) is 48.1 Å². The fourth-order valence-electron chi connectivity index (χ4n) is 8.45. The van der Waals surface area contributed by atoms with Crippen LogP contribution >= 0.6 is 35.1 Å². The number of methoxy groups -OCH3 is 4. The van der Waals surface area contributed by atoms with Gasteiger partial charge < -0.3 is 66.2 Å². The summed E-state index contributed by atoms with van der Waals surface area (Å²) in [5.74, 6) is 3.32. The number of carboxylic acids is 1. The summed E-state index contributed by atoms with van der Waals surface area (Å²) < 4.78 is 21.4. The van der Waals surface area contributed by atoms with Crippen LogP contribution in [0, 0.1) is 11.8 Å². The van der Waals surface area contributed by atoms with E-state index in [0.717, 1.165) is 53.4 Å². The third-order valence-electron chi connectivity index (χ3n) is 12.1. The Morgan fingerprint density at radius 3 is 1.61 bits per heavy atom. The van der Waals surface area contributed by atoms with Crippen LogP contribution in [-0.4, -0.2) is 138 Å². The molecule has 4 fully saturated rings. The lowest BCUT2D eigenvalue weighted by atomic mass is 9.97. The first-order valence-corrected chi connectivity index (χ1v) is 24.7. The predicted molar refractivity (Wildman–Crippen MR) is 276 cm³/mol. The molecule has 2 aromatic carbocycles. The highest BCUT2D eigenvalue weighted by molar-refractivity contribution is 7.16. The number of aliphatic carboxylic acids is 1. The molecule has 4 aliphatic rings. The molecule has 4 atom stereocenters. The number of anilines is 6. The Morgan fingerprint density at radius 1 is 0.694 bits per heavy atom. The highest BCUT2D eigenvalue weighted by atomic mass is 35.5. The highest BCUT2D eigenvalue weighted by Crippen LogP contribution is 2.36. The van der Waals surface area contributed by atoms with Crippen molar-refractivity contribution in [3.8, 4) is 23.0 Å². The van der Waals surface area contributed by atoms with Crippen molar-refractivity contribution >= 4 is 114 Å². The number of aromatic nitrogens is 6. The molecule has 0 aliphatic carbocycles. The van der Waals surface area contributed by atoms with Gasteiger partial charge in [0.15, 0.2) is 44.3 Å². The second-order valence-corrected chi connectivity index (χ2v) is 18.7. The molecule has 0 bridgehead atoms. The summed E-state index contributed by atoms with van der Waals surface area (Å²) in [6.07, 6.45) is 3.93. The SMILES string of the molecule is COc1ccc(Nc2nc(N3CCCC(C(=O)NC4CNC(=O)C4)C3)nc3scnc23)cc1OC.COc1ccc(Nc2nc(N3CCCC(C(=O)O)C3)nc3scnc23)cc1OC.Cl.NC1CNC(=O)C1. The molecule has 0 saturated carbocycles. The van der Waals surface area contributed by atoms with Crippen LogP contribution in [0.25, 0.3) is 20.7 Å². The molecule has 23 nitrogen and oxygen atoms in total. The number of hydrogen-bond donors (Lipinski definition) is 7. The Labute approximate surface area is 428 Å². The zero-order valence-electron chi connectivity index (χ0n) is 40.0. The van der Waals surface area contributed by atoms with E-state index in [1.165, 1.54) is 22.7 Å². The molecular weight excluding hydrogens is 992 g/mol. The van der Waals surface area contributed by atoms with Gasteiger partial charge in [-0.1, -0.05) is 0 Å². The van der Waals surface area contributed by atoms with E-state index >= 15 is 0 Å².